The summed E-state index contributed by atoms with van der Waals surface area (Å²) >= 11 is 1.66. The molecule has 0 aliphatic carbocycles. The van der Waals surface area contributed by atoms with Crippen LogP contribution in [-0.4, -0.2) is 24.0 Å². The smallest absolute Gasteiger partial charge is 0.355 e. The number of aromatic nitrogens is 1. The molecule has 4 nitrogen and oxygen atoms in total. The maximum absolute atomic E-state index is 12.7. The second-order valence-corrected chi connectivity index (χ2v) is 8.11. The van der Waals surface area contributed by atoms with E-state index in [-0.39, 0.29) is 18.4 Å². The third-order valence-electron chi connectivity index (χ3n) is 5.20. The Kier molecular flexibility index (Phi) is 5.45. The molecular weight excluding hydrogens is 399 g/mol. The third kappa shape index (κ3) is 4.37. The van der Waals surface area contributed by atoms with Crippen molar-refractivity contribution in [1.82, 2.24) is 10.3 Å². The van der Waals surface area contributed by atoms with Crippen LogP contribution in [0.1, 0.15) is 24.0 Å². The Balaban J connectivity index is 1.38. The van der Waals surface area contributed by atoms with E-state index in [1.165, 1.54) is 16.8 Å². The molecular formula is C21H20F3N3OS. The Labute approximate surface area is 170 Å². The van der Waals surface area contributed by atoms with Gasteiger partial charge in [-0.05, 0) is 48.1 Å². The van der Waals surface area contributed by atoms with E-state index in [4.69, 9.17) is 0 Å². The molecule has 1 N–H and O–H groups in total. The molecule has 29 heavy (non-hydrogen) atoms. The van der Waals surface area contributed by atoms with Gasteiger partial charge in [-0.2, -0.15) is 13.2 Å². The number of piperidine rings is 1. The second kappa shape index (κ2) is 8.02. The Morgan fingerprint density at radius 1 is 1.21 bits per heavy atom. The number of alkyl halides is 3. The van der Waals surface area contributed by atoms with Crippen molar-refractivity contribution in [2.24, 2.45) is 5.92 Å². The number of thiophene rings is 1. The summed E-state index contributed by atoms with van der Waals surface area (Å²) in [7, 11) is 0. The van der Waals surface area contributed by atoms with Crippen molar-refractivity contribution in [2.75, 3.05) is 18.0 Å². The van der Waals surface area contributed by atoms with Crippen LogP contribution in [0.5, 0.6) is 0 Å². The van der Waals surface area contributed by atoms with Crippen LogP contribution < -0.4 is 10.2 Å². The average molecular weight is 419 g/mol. The quantitative estimate of drug-likeness (QED) is 0.658. The first kappa shape index (κ1) is 19.7. The molecule has 4 rings (SSSR count). The second-order valence-electron chi connectivity index (χ2n) is 7.16. The van der Waals surface area contributed by atoms with Gasteiger partial charge in [-0.1, -0.05) is 12.1 Å². The molecule has 0 unspecified atom stereocenters. The first-order valence-corrected chi connectivity index (χ1v) is 10.3. The van der Waals surface area contributed by atoms with E-state index in [2.05, 4.69) is 21.3 Å². The van der Waals surface area contributed by atoms with Crippen molar-refractivity contribution in [3.05, 3.63) is 59.1 Å². The fourth-order valence-electron chi connectivity index (χ4n) is 3.66. The van der Waals surface area contributed by atoms with Crippen molar-refractivity contribution in [3.8, 4) is 0 Å². The zero-order chi connectivity index (χ0) is 20.4. The molecule has 0 spiro atoms. The number of carbonyl (C=O) groups is 1. The van der Waals surface area contributed by atoms with Crippen LogP contribution >= 0.6 is 11.3 Å². The highest BCUT2D eigenvalue weighted by molar-refractivity contribution is 7.17. The summed E-state index contributed by atoms with van der Waals surface area (Å²) < 4.78 is 39.1. The van der Waals surface area contributed by atoms with Crippen LogP contribution in [0.15, 0.2) is 48.0 Å². The van der Waals surface area contributed by atoms with Gasteiger partial charge in [0.15, 0.2) is 0 Å². The van der Waals surface area contributed by atoms with Crippen LogP contribution in [0.2, 0.25) is 0 Å². The van der Waals surface area contributed by atoms with E-state index in [1.807, 2.05) is 11.4 Å². The lowest BCUT2D eigenvalue weighted by Crippen LogP contribution is -2.43. The van der Waals surface area contributed by atoms with Gasteiger partial charge in [0.1, 0.15) is 5.82 Å². The van der Waals surface area contributed by atoms with Crippen molar-refractivity contribution in [1.29, 1.82) is 0 Å². The van der Waals surface area contributed by atoms with Gasteiger partial charge >= 0.3 is 6.18 Å². The maximum atomic E-state index is 12.7. The minimum absolute atomic E-state index is 0.0768. The molecule has 3 aromatic rings. The van der Waals surface area contributed by atoms with E-state index in [0.717, 1.165) is 42.7 Å². The molecule has 0 saturated carbocycles. The standard InChI is InChI=1S/C21H20F3N3OS/c22-21(23,24)16-5-3-14(4-6-16)12-26-20(28)15-2-1-10-27(13-15)19-17-8-11-29-18(17)7-9-25-19/h3-9,11,15H,1-2,10,12-13H2,(H,26,28)/t15-/m1/s1. The minimum atomic E-state index is -4.35. The predicted molar refractivity (Wildman–Crippen MR) is 108 cm³/mol. The predicted octanol–water partition coefficient (Wildman–Crippen LogP) is 4.85. The van der Waals surface area contributed by atoms with E-state index in [0.29, 0.717) is 12.1 Å². The monoisotopic (exact) mass is 419 g/mol. The van der Waals surface area contributed by atoms with Crippen LogP contribution in [-0.2, 0) is 17.5 Å². The molecule has 1 aromatic carbocycles. The number of benzene rings is 1. The van der Waals surface area contributed by atoms with Gasteiger partial charge in [0, 0.05) is 35.9 Å². The molecule has 152 valence electrons. The SMILES string of the molecule is O=C(NCc1ccc(C(F)(F)F)cc1)[C@@H]1CCCN(c2nccc3sccc23)C1. The fraction of sp³-hybridized carbons (Fsp3) is 0.333. The van der Waals surface area contributed by atoms with Crippen LogP contribution in [0.4, 0.5) is 19.0 Å². The van der Waals surface area contributed by atoms with Crippen molar-refractivity contribution >= 4 is 33.1 Å². The number of fused-ring (bicyclic) bond motifs is 1. The zero-order valence-electron chi connectivity index (χ0n) is 15.6. The van der Waals surface area contributed by atoms with Crippen molar-refractivity contribution in [3.63, 3.8) is 0 Å². The first-order valence-electron chi connectivity index (χ1n) is 9.43. The van der Waals surface area contributed by atoms with Gasteiger partial charge in [-0.3, -0.25) is 4.79 Å². The van der Waals surface area contributed by atoms with Gasteiger partial charge in [0.25, 0.3) is 0 Å². The molecule has 0 radical (unpaired) electrons. The Morgan fingerprint density at radius 3 is 2.76 bits per heavy atom. The van der Waals surface area contributed by atoms with Gasteiger partial charge in [0.2, 0.25) is 5.91 Å². The summed E-state index contributed by atoms with van der Waals surface area (Å²) in [5.74, 6) is 0.657. The van der Waals surface area contributed by atoms with Gasteiger partial charge < -0.3 is 10.2 Å². The number of hydrogen-bond donors (Lipinski definition) is 1. The lowest BCUT2D eigenvalue weighted by atomic mass is 9.96. The highest BCUT2D eigenvalue weighted by Crippen LogP contribution is 2.31. The summed E-state index contributed by atoms with van der Waals surface area (Å²) in [5.41, 5.74) is -0.0469. The van der Waals surface area contributed by atoms with Crippen molar-refractivity contribution < 1.29 is 18.0 Å². The number of halogens is 3. The number of rotatable bonds is 4. The highest BCUT2D eigenvalue weighted by Gasteiger charge is 2.30. The summed E-state index contributed by atoms with van der Waals surface area (Å²) in [6.07, 6.45) is -0.884. The molecule has 1 amide bonds. The lowest BCUT2D eigenvalue weighted by molar-refractivity contribution is -0.137. The maximum Gasteiger partial charge on any atom is 0.416 e. The Hall–Kier alpha value is -2.61. The average Bonchev–Trinajstić information content (AvgIpc) is 3.20. The van der Waals surface area contributed by atoms with E-state index in [1.54, 1.807) is 17.5 Å². The summed E-state index contributed by atoms with van der Waals surface area (Å²) in [6, 6.07) is 8.92. The molecule has 8 heteroatoms. The summed E-state index contributed by atoms with van der Waals surface area (Å²) in [4.78, 5) is 19.3. The normalized spacial score (nSPS) is 17.5. The van der Waals surface area contributed by atoms with Crippen LogP contribution in [0.25, 0.3) is 10.1 Å². The number of nitrogens with zero attached hydrogens (tertiary/aromatic N) is 2. The summed E-state index contributed by atoms with van der Waals surface area (Å²) in [5, 5.41) is 6.00. The van der Waals surface area contributed by atoms with Crippen LogP contribution in [0, 0.1) is 5.92 Å². The lowest BCUT2D eigenvalue weighted by Gasteiger charge is -2.33. The molecule has 0 bridgehead atoms. The van der Waals surface area contributed by atoms with Gasteiger partial charge in [-0.25, -0.2) is 4.98 Å². The van der Waals surface area contributed by atoms with E-state index < -0.39 is 11.7 Å². The van der Waals surface area contributed by atoms with Gasteiger partial charge in [-0.15, -0.1) is 11.3 Å². The molecule has 1 fully saturated rings. The van der Waals surface area contributed by atoms with Gasteiger partial charge in [0.05, 0.1) is 11.5 Å². The molecule has 1 aliphatic heterocycles. The van der Waals surface area contributed by atoms with Crippen molar-refractivity contribution in [2.45, 2.75) is 25.6 Å². The number of pyridine rings is 1. The number of amides is 1. The Bertz CT molecular complexity index is 1000. The first-order chi connectivity index (χ1) is 13.9. The Morgan fingerprint density at radius 2 is 2.00 bits per heavy atom. The third-order valence-corrected chi connectivity index (χ3v) is 6.08. The minimum Gasteiger partial charge on any atom is -0.355 e. The number of nitrogens with one attached hydrogen (secondary N) is 1. The largest absolute Gasteiger partial charge is 0.416 e. The molecule has 1 saturated heterocycles. The number of hydrogen-bond acceptors (Lipinski definition) is 4. The zero-order valence-corrected chi connectivity index (χ0v) is 16.4. The topological polar surface area (TPSA) is 45.2 Å². The van der Waals surface area contributed by atoms with E-state index in [9.17, 15) is 18.0 Å². The number of carbonyl (C=O) groups excluding carboxylic acids is 1. The highest BCUT2D eigenvalue weighted by atomic mass is 32.1. The molecule has 3 heterocycles. The van der Waals surface area contributed by atoms with Crippen LogP contribution in [0.3, 0.4) is 0 Å². The summed E-state index contributed by atoms with van der Waals surface area (Å²) in [6.45, 7) is 1.65. The molecule has 2 aromatic heterocycles. The fourth-order valence-corrected chi connectivity index (χ4v) is 4.44. The number of anilines is 1. The van der Waals surface area contributed by atoms with E-state index >= 15 is 0 Å². The molecule has 1 atom stereocenters. The molecule has 1 aliphatic rings.